The van der Waals surface area contributed by atoms with Crippen LogP contribution in [-0.2, 0) is 6.42 Å². The van der Waals surface area contributed by atoms with Crippen LogP contribution in [0.5, 0.6) is 0 Å². The van der Waals surface area contributed by atoms with Crippen molar-refractivity contribution in [1.29, 1.82) is 0 Å². The van der Waals surface area contributed by atoms with Crippen molar-refractivity contribution >= 4 is 22.1 Å². The molecule has 8 heteroatoms. The van der Waals surface area contributed by atoms with Crippen LogP contribution in [-0.4, -0.2) is 43.3 Å². The van der Waals surface area contributed by atoms with E-state index >= 15 is 0 Å². The van der Waals surface area contributed by atoms with Crippen molar-refractivity contribution in [3.05, 3.63) is 35.4 Å². The summed E-state index contributed by atoms with van der Waals surface area (Å²) in [5.74, 6) is -0.0470. The Morgan fingerprint density at radius 1 is 1.45 bits per heavy atom. The van der Waals surface area contributed by atoms with Crippen molar-refractivity contribution in [3.8, 4) is 0 Å². The van der Waals surface area contributed by atoms with Crippen LogP contribution in [0.1, 0.15) is 22.2 Å². The largest absolute Gasteiger partial charge is 0.312 e. The number of hydrogen-bond donors (Lipinski definition) is 1. The zero-order valence-electron chi connectivity index (χ0n) is 10.6. The lowest BCUT2D eigenvalue weighted by atomic mass is 10.1. The van der Waals surface area contributed by atoms with E-state index in [-0.39, 0.29) is 12.2 Å². The third kappa shape index (κ3) is 1.93. The Labute approximate surface area is 118 Å². The van der Waals surface area contributed by atoms with Gasteiger partial charge in [-0.2, -0.15) is 0 Å². The maximum atomic E-state index is 12.2. The molecule has 20 heavy (non-hydrogen) atoms. The Morgan fingerprint density at radius 2 is 2.35 bits per heavy atom. The number of carbonyl (C=O) groups excluding carboxylic acids is 1. The lowest BCUT2D eigenvalue weighted by Crippen LogP contribution is -2.43. The SMILES string of the molecule is O=C(Cc1cn2ccsc2n1)c1cn(C2CNC2)nn1. The fourth-order valence-corrected chi connectivity index (χ4v) is 2.88. The fraction of sp³-hybridized carbons (Fsp3) is 0.333. The Bertz CT molecular complexity index is 739. The number of rotatable bonds is 4. The second-order valence-corrected chi connectivity index (χ2v) is 5.69. The minimum atomic E-state index is -0.0470. The van der Waals surface area contributed by atoms with E-state index in [9.17, 15) is 4.79 Å². The number of hydrogen-bond acceptors (Lipinski definition) is 6. The lowest BCUT2D eigenvalue weighted by Gasteiger charge is -2.26. The summed E-state index contributed by atoms with van der Waals surface area (Å²) in [6.07, 6.45) is 5.80. The molecular formula is C12H12N6OS. The minimum absolute atomic E-state index is 0.0470. The van der Waals surface area contributed by atoms with Gasteiger partial charge in [-0.1, -0.05) is 5.21 Å². The lowest BCUT2D eigenvalue weighted by molar-refractivity contribution is 0.0987. The van der Waals surface area contributed by atoms with Crippen LogP contribution in [0.4, 0.5) is 0 Å². The Hall–Kier alpha value is -2.06. The molecule has 3 aromatic heterocycles. The number of nitrogens with zero attached hydrogens (tertiary/aromatic N) is 5. The van der Waals surface area contributed by atoms with Crippen molar-refractivity contribution < 1.29 is 4.79 Å². The molecule has 0 saturated carbocycles. The second kappa shape index (κ2) is 4.50. The molecule has 4 heterocycles. The van der Waals surface area contributed by atoms with E-state index in [1.165, 1.54) is 0 Å². The topological polar surface area (TPSA) is 77.1 Å². The highest BCUT2D eigenvalue weighted by atomic mass is 32.1. The zero-order valence-corrected chi connectivity index (χ0v) is 11.4. The van der Waals surface area contributed by atoms with Gasteiger partial charge in [0.05, 0.1) is 24.4 Å². The van der Waals surface area contributed by atoms with Gasteiger partial charge in [0.2, 0.25) is 0 Å². The third-order valence-corrected chi connectivity index (χ3v) is 4.19. The second-order valence-electron chi connectivity index (χ2n) is 4.82. The molecule has 102 valence electrons. The number of fused-ring (bicyclic) bond motifs is 1. The fourth-order valence-electron chi connectivity index (χ4n) is 2.16. The van der Waals surface area contributed by atoms with Crippen molar-refractivity contribution in [2.45, 2.75) is 12.5 Å². The van der Waals surface area contributed by atoms with Crippen LogP contribution in [0.15, 0.2) is 24.0 Å². The third-order valence-electron chi connectivity index (χ3n) is 3.41. The molecule has 1 saturated heterocycles. The Balaban J connectivity index is 1.51. The van der Waals surface area contributed by atoms with Crippen molar-refractivity contribution in [1.82, 2.24) is 29.7 Å². The Kier molecular flexibility index (Phi) is 2.64. The first kappa shape index (κ1) is 11.7. The normalized spacial score (nSPS) is 15.6. The molecule has 0 aliphatic carbocycles. The molecule has 0 unspecified atom stereocenters. The van der Waals surface area contributed by atoms with Gasteiger partial charge in [0.15, 0.2) is 10.7 Å². The number of thiazole rings is 1. The van der Waals surface area contributed by atoms with E-state index in [0.717, 1.165) is 23.7 Å². The number of ketones is 1. The summed E-state index contributed by atoms with van der Waals surface area (Å²) >= 11 is 1.55. The van der Waals surface area contributed by atoms with E-state index < -0.39 is 0 Å². The van der Waals surface area contributed by atoms with Crippen LogP contribution < -0.4 is 5.32 Å². The van der Waals surface area contributed by atoms with Gasteiger partial charge in [0, 0.05) is 30.9 Å². The number of carbonyl (C=O) groups is 1. The van der Waals surface area contributed by atoms with E-state index in [1.54, 1.807) is 22.2 Å². The molecule has 0 amide bonds. The Morgan fingerprint density at radius 3 is 3.10 bits per heavy atom. The van der Waals surface area contributed by atoms with Gasteiger partial charge in [-0.15, -0.1) is 16.4 Å². The van der Waals surface area contributed by atoms with Crippen molar-refractivity contribution in [3.63, 3.8) is 0 Å². The molecule has 1 fully saturated rings. The summed E-state index contributed by atoms with van der Waals surface area (Å²) in [5, 5.41) is 13.1. The van der Waals surface area contributed by atoms with E-state index in [1.807, 2.05) is 22.2 Å². The summed E-state index contributed by atoms with van der Waals surface area (Å²) in [6, 6.07) is 0.321. The highest BCUT2D eigenvalue weighted by Crippen LogP contribution is 2.14. The van der Waals surface area contributed by atoms with Crippen LogP contribution in [0, 0.1) is 0 Å². The summed E-state index contributed by atoms with van der Waals surface area (Å²) < 4.78 is 3.68. The predicted octanol–water partition coefficient (Wildman–Crippen LogP) is 0.557. The van der Waals surface area contributed by atoms with Crippen molar-refractivity contribution in [2.24, 2.45) is 0 Å². The predicted molar refractivity (Wildman–Crippen MR) is 73.0 cm³/mol. The molecule has 1 aliphatic heterocycles. The van der Waals surface area contributed by atoms with Gasteiger partial charge in [-0.3, -0.25) is 9.20 Å². The monoisotopic (exact) mass is 288 g/mol. The summed E-state index contributed by atoms with van der Waals surface area (Å²) in [6.45, 7) is 1.77. The van der Waals surface area contributed by atoms with Crippen molar-refractivity contribution in [2.75, 3.05) is 13.1 Å². The highest BCUT2D eigenvalue weighted by molar-refractivity contribution is 7.15. The number of imidazole rings is 1. The van der Waals surface area contributed by atoms with Crippen LogP contribution >= 0.6 is 11.3 Å². The molecule has 0 spiro atoms. The smallest absolute Gasteiger partial charge is 0.193 e. The molecule has 0 radical (unpaired) electrons. The molecule has 7 nitrogen and oxygen atoms in total. The highest BCUT2D eigenvalue weighted by Gasteiger charge is 2.22. The summed E-state index contributed by atoms with van der Waals surface area (Å²) in [7, 11) is 0. The van der Waals surface area contributed by atoms with Gasteiger partial charge < -0.3 is 5.32 Å². The number of nitrogens with one attached hydrogen (secondary N) is 1. The maximum Gasteiger partial charge on any atom is 0.193 e. The molecular weight excluding hydrogens is 276 g/mol. The van der Waals surface area contributed by atoms with Gasteiger partial charge >= 0.3 is 0 Å². The first-order valence-corrected chi connectivity index (χ1v) is 7.24. The standard InChI is InChI=1S/C12H12N6OS/c19-11(3-8-6-17-1-2-20-12(17)14-8)10-7-18(16-15-10)9-4-13-5-9/h1-2,6-7,9,13H,3-5H2. The van der Waals surface area contributed by atoms with Gasteiger partial charge in [0.1, 0.15) is 5.69 Å². The minimum Gasteiger partial charge on any atom is -0.312 e. The van der Waals surface area contributed by atoms with E-state index in [2.05, 4.69) is 20.6 Å². The van der Waals surface area contributed by atoms with E-state index in [0.29, 0.717) is 11.7 Å². The average molecular weight is 288 g/mol. The average Bonchev–Trinajstić information content (AvgIpc) is 3.00. The molecule has 4 rings (SSSR count). The molecule has 1 aliphatic rings. The molecule has 0 atom stereocenters. The first-order chi connectivity index (χ1) is 9.79. The summed E-state index contributed by atoms with van der Waals surface area (Å²) in [5.41, 5.74) is 1.18. The quantitative estimate of drug-likeness (QED) is 0.710. The first-order valence-electron chi connectivity index (χ1n) is 6.36. The summed E-state index contributed by atoms with van der Waals surface area (Å²) in [4.78, 5) is 17.5. The van der Waals surface area contributed by atoms with Crippen LogP contribution in [0.25, 0.3) is 4.96 Å². The van der Waals surface area contributed by atoms with Gasteiger partial charge in [-0.25, -0.2) is 9.67 Å². The van der Waals surface area contributed by atoms with Gasteiger partial charge in [0.25, 0.3) is 0 Å². The number of aromatic nitrogens is 5. The maximum absolute atomic E-state index is 12.2. The molecule has 3 aromatic rings. The molecule has 0 aromatic carbocycles. The van der Waals surface area contributed by atoms with E-state index in [4.69, 9.17) is 0 Å². The zero-order chi connectivity index (χ0) is 13.5. The molecule has 0 bridgehead atoms. The van der Waals surface area contributed by atoms with Crippen LogP contribution in [0.2, 0.25) is 0 Å². The molecule has 1 N–H and O–H groups in total. The van der Waals surface area contributed by atoms with Gasteiger partial charge in [-0.05, 0) is 0 Å². The van der Waals surface area contributed by atoms with Crippen LogP contribution in [0.3, 0.4) is 0 Å². The number of Topliss-reactive ketones (excluding diaryl/α,β-unsaturated/α-hetero) is 1.